The van der Waals surface area contributed by atoms with E-state index in [0.717, 1.165) is 22.4 Å². The summed E-state index contributed by atoms with van der Waals surface area (Å²) in [7, 11) is 1.93. The summed E-state index contributed by atoms with van der Waals surface area (Å²) in [6, 6.07) is 14.5. The number of carbonyl (C=O) groups is 1. The van der Waals surface area contributed by atoms with Crippen LogP contribution in [0.25, 0.3) is 0 Å². The fraction of sp³-hybridized carbons (Fsp3) is 0.364. The van der Waals surface area contributed by atoms with Crippen molar-refractivity contribution in [2.24, 2.45) is 5.10 Å². The van der Waals surface area contributed by atoms with Crippen molar-refractivity contribution in [2.45, 2.75) is 39.3 Å². The van der Waals surface area contributed by atoms with Gasteiger partial charge in [0, 0.05) is 12.5 Å². The smallest absolute Gasteiger partial charge is 0.257 e. The van der Waals surface area contributed by atoms with Gasteiger partial charge in [0.1, 0.15) is 5.82 Å². The van der Waals surface area contributed by atoms with E-state index < -0.39 is 0 Å². The Hall–Kier alpha value is -2.53. The van der Waals surface area contributed by atoms with E-state index in [1.54, 1.807) is 17.1 Å². The third kappa shape index (κ3) is 4.42. The molecule has 27 heavy (non-hydrogen) atoms. The van der Waals surface area contributed by atoms with Crippen LogP contribution in [0.3, 0.4) is 0 Å². The molecule has 0 fully saturated rings. The predicted octanol–water partition coefficient (Wildman–Crippen LogP) is 4.15. The minimum atomic E-state index is -0.283. The standard InChI is InChI=1S/C22H26FN3O/c1-15(2)25(4)14-22(27)26-21(17-8-10-19(23)11-9-17)13-20(24-26)18-7-5-6-16(3)12-18/h5-12,15,21H,13-14H2,1-4H3. The number of hydrazone groups is 1. The highest BCUT2D eigenvalue weighted by molar-refractivity contribution is 6.03. The van der Waals surface area contributed by atoms with Gasteiger partial charge in [-0.25, -0.2) is 9.40 Å². The summed E-state index contributed by atoms with van der Waals surface area (Å²) in [5.41, 5.74) is 3.95. The molecule has 142 valence electrons. The highest BCUT2D eigenvalue weighted by Crippen LogP contribution is 2.33. The van der Waals surface area contributed by atoms with Gasteiger partial charge in [-0.3, -0.25) is 9.69 Å². The molecule has 0 saturated heterocycles. The van der Waals surface area contributed by atoms with Crippen LogP contribution in [0.15, 0.2) is 53.6 Å². The van der Waals surface area contributed by atoms with E-state index in [1.165, 1.54) is 12.1 Å². The number of hydrogen-bond donors (Lipinski definition) is 0. The van der Waals surface area contributed by atoms with Gasteiger partial charge in [0.15, 0.2) is 0 Å². The first kappa shape index (κ1) is 19.2. The topological polar surface area (TPSA) is 35.9 Å². The highest BCUT2D eigenvalue weighted by Gasteiger charge is 2.33. The zero-order valence-electron chi connectivity index (χ0n) is 16.3. The molecule has 0 saturated carbocycles. The maximum atomic E-state index is 13.4. The van der Waals surface area contributed by atoms with Crippen molar-refractivity contribution in [1.82, 2.24) is 9.91 Å². The van der Waals surface area contributed by atoms with E-state index in [1.807, 2.05) is 37.1 Å². The molecule has 0 bridgehead atoms. The minimum absolute atomic E-state index is 0.0526. The van der Waals surface area contributed by atoms with Crippen molar-refractivity contribution in [1.29, 1.82) is 0 Å². The average molecular weight is 367 g/mol. The van der Waals surface area contributed by atoms with Gasteiger partial charge in [0.25, 0.3) is 5.91 Å². The molecule has 0 spiro atoms. The van der Waals surface area contributed by atoms with Crippen LogP contribution in [0.1, 0.15) is 43.0 Å². The van der Waals surface area contributed by atoms with E-state index in [-0.39, 0.29) is 23.8 Å². The summed E-state index contributed by atoms with van der Waals surface area (Å²) in [6.45, 7) is 6.43. The number of amides is 1. The van der Waals surface area contributed by atoms with E-state index in [0.29, 0.717) is 13.0 Å². The Morgan fingerprint density at radius 1 is 1.26 bits per heavy atom. The molecule has 2 aromatic rings. The summed E-state index contributed by atoms with van der Waals surface area (Å²) in [5.74, 6) is -0.336. The lowest BCUT2D eigenvalue weighted by Crippen LogP contribution is -2.39. The normalized spacial score (nSPS) is 16.9. The molecular formula is C22H26FN3O. The van der Waals surface area contributed by atoms with Crippen molar-refractivity contribution >= 4 is 11.6 Å². The van der Waals surface area contributed by atoms with Crippen molar-refractivity contribution in [2.75, 3.05) is 13.6 Å². The van der Waals surface area contributed by atoms with Gasteiger partial charge in [-0.05, 0) is 51.1 Å². The molecule has 1 aliphatic rings. The molecule has 2 aromatic carbocycles. The van der Waals surface area contributed by atoms with Gasteiger partial charge in [0.2, 0.25) is 0 Å². The number of nitrogens with zero attached hydrogens (tertiary/aromatic N) is 3. The van der Waals surface area contributed by atoms with Gasteiger partial charge in [-0.2, -0.15) is 5.10 Å². The van der Waals surface area contributed by atoms with Crippen LogP contribution in [0.4, 0.5) is 4.39 Å². The molecule has 0 aromatic heterocycles. The number of hydrogen-bond acceptors (Lipinski definition) is 3. The lowest BCUT2D eigenvalue weighted by molar-refractivity contribution is -0.134. The molecule has 1 amide bonds. The third-order valence-electron chi connectivity index (χ3n) is 5.04. The zero-order valence-corrected chi connectivity index (χ0v) is 16.3. The Labute approximate surface area is 160 Å². The minimum Gasteiger partial charge on any atom is -0.295 e. The van der Waals surface area contributed by atoms with Gasteiger partial charge in [0.05, 0.1) is 18.3 Å². The fourth-order valence-corrected chi connectivity index (χ4v) is 3.15. The Balaban J connectivity index is 1.92. The Morgan fingerprint density at radius 3 is 2.59 bits per heavy atom. The molecule has 3 rings (SSSR count). The second kappa shape index (κ2) is 8.01. The van der Waals surface area contributed by atoms with E-state index in [2.05, 4.69) is 25.0 Å². The van der Waals surface area contributed by atoms with Gasteiger partial charge < -0.3 is 0 Å². The largest absolute Gasteiger partial charge is 0.295 e. The van der Waals surface area contributed by atoms with Crippen LogP contribution in [0, 0.1) is 12.7 Å². The quantitative estimate of drug-likeness (QED) is 0.796. The van der Waals surface area contributed by atoms with Crippen molar-refractivity contribution in [3.63, 3.8) is 0 Å². The van der Waals surface area contributed by atoms with Crippen LogP contribution in [-0.4, -0.2) is 41.2 Å². The van der Waals surface area contributed by atoms with Crippen LogP contribution in [-0.2, 0) is 4.79 Å². The van der Waals surface area contributed by atoms with E-state index in [4.69, 9.17) is 0 Å². The molecular weight excluding hydrogens is 341 g/mol. The zero-order chi connectivity index (χ0) is 19.6. The summed E-state index contributed by atoms with van der Waals surface area (Å²) >= 11 is 0. The number of halogens is 1. The van der Waals surface area contributed by atoms with Gasteiger partial charge >= 0.3 is 0 Å². The summed E-state index contributed by atoms with van der Waals surface area (Å²) in [4.78, 5) is 14.9. The first-order valence-corrected chi connectivity index (χ1v) is 9.27. The third-order valence-corrected chi connectivity index (χ3v) is 5.04. The first-order chi connectivity index (χ1) is 12.8. The van der Waals surface area contributed by atoms with Crippen LogP contribution in [0.5, 0.6) is 0 Å². The number of likely N-dealkylation sites (N-methyl/N-ethyl adjacent to an activating group) is 1. The van der Waals surface area contributed by atoms with Gasteiger partial charge in [-0.15, -0.1) is 0 Å². The maximum Gasteiger partial charge on any atom is 0.257 e. The van der Waals surface area contributed by atoms with Gasteiger partial charge in [-0.1, -0.05) is 42.0 Å². The van der Waals surface area contributed by atoms with E-state index >= 15 is 0 Å². The average Bonchev–Trinajstić information content (AvgIpc) is 3.07. The van der Waals surface area contributed by atoms with Crippen LogP contribution < -0.4 is 0 Å². The SMILES string of the molecule is Cc1cccc(C2=NN(C(=O)CN(C)C(C)C)C(c3ccc(F)cc3)C2)c1. The molecule has 1 aliphatic heterocycles. The molecule has 5 heteroatoms. The molecule has 4 nitrogen and oxygen atoms in total. The molecule has 1 unspecified atom stereocenters. The predicted molar refractivity (Wildman–Crippen MR) is 106 cm³/mol. The second-order valence-corrected chi connectivity index (χ2v) is 7.43. The molecule has 0 radical (unpaired) electrons. The molecule has 1 heterocycles. The lowest BCUT2D eigenvalue weighted by Gasteiger charge is -2.26. The number of carbonyl (C=O) groups excluding carboxylic acids is 1. The fourth-order valence-electron chi connectivity index (χ4n) is 3.15. The first-order valence-electron chi connectivity index (χ1n) is 9.27. The number of rotatable bonds is 5. The second-order valence-electron chi connectivity index (χ2n) is 7.43. The molecule has 1 atom stereocenters. The molecule has 0 N–H and O–H groups in total. The lowest BCUT2D eigenvalue weighted by atomic mass is 9.97. The van der Waals surface area contributed by atoms with Crippen LogP contribution in [0.2, 0.25) is 0 Å². The Bertz CT molecular complexity index is 845. The molecule has 0 aliphatic carbocycles. The maximum absolute atomic E-state index is 13.4. The Morgan fingerprint density at radius 2 is 1.96 bits per heavy atom. The summed E-state index contributed by atoms with van der Waals surface area (Å²) < 4.78 is 13.4. The monoisotopic (exact) mass is 367 g/mol. The van der Waals surface area contributed by atoms with E-state index in [9.17, 15) is 9.18 Å². The van der Waals surface area contributed by atoms with Crippen molar-refractivity contribution in [3.8, 4) is 0 Å². The number of benzene rings is 2. The van der Waals surface area contributed by atoms with Crippen LogP contribution >= 0.6 is 0 Å². The van der Waals surface area contributed by atoms with Crippen molar-refractivity contribution < 1.29 is 9.18 Å². The van der Waals surface area contributed by atoms with Crippen molar-refractivity contribution in [3.05, 3.63) is 71.0 Å². The number of aryl methyl sites for hydroxylation is 1. The Kier molecular flexibility index (Phi) is 5.71. The highest BCUT2D eigenvalue weighted by atomic mass is 19.1. The summed E-state index contributed by atoms with van der Waals surface area (Å²) in [6.07, 6.45) is 0.617. The summed E-state index contributed by atoms with van der Waals surface area (Å²) in [5, 5.41) is 6.25.